The van der Waals surface area contributed by atoms with E-state index in [0.717, 1.165) is 72.1 Å². The van der Waals surface area contributed by atoms with Gasteiger partial charge in [-0.25, -0.2) is 4.98 Å². The first-order valence-corrected chi connectivity index (χ1v) is 12.1. The first-order valence-electron chi connectivity index (χ1n) is 12.1. The fraction of sp³-hybridized carbons (Fsp3) is 0. The molecule has 0 bridgehead atoms. The molecule has 8 aromatic rings. The van der Waals surface area contributed by atoms with Gasteiger partial charge in [0.25, 0.3) is 0 Å². The number of hydrogen-bond acceptors (Lipinski definition) is 3. The number of nitrogens with zero attached hydrogens (tertiary/aromatic N) is 1. The van der Waals surface area contributed by atoms with Crippen LogP contribution in [-0.4, -0.2) is 4.98 Å². The summed E-state index contributed by atoms with van der Waals surface area (Å²) in [7, 11) is 0. The lowest BCUT2D eigenvalue weighted by atomic mass is 9.91. The molecule has 36 heavy (non-hydrogen) atoms. The van der Waals surface area contributed by atoms with E-state index >= 15 is 0 Å². The molecule has 3 heterocycles. The monoisotopic (exact) mass is 459 g/mol. The van der Waals surface area contributed by atoms with Gasteiger partial charge < -0.3 is 8.83 Å². The van der Waals surface area contributed by atoms with E-state index in [1.165, 1.54) is 16.2 Å². The maximum Gasteiger partial charge on any atom is 0.136 e. The molecule has 0 unspecified atom stereocenters. The minimum Gasteiger partial charge on any atom is -0.456 e. The number of pyridine rings is 1. The molecular formula is C33H17NO2. The fourth-order valence-electron chi connectivity index (χ4n) is 6.13. The van der Waals surface area contributed by atoms with Crippen LogP contribution in [0.2, 0.25) is 0 Å². The molecule has 9 rings (SSSR count). The number of hydrogen-bond donors (Lipinski definition) is 0. The largest absolute Gasteiger partial charge is 0.456 e. The zero-order chi connectivity index (χ0) is 23.4. The molecule has 3 nitrogen and oxygen atoms in total. The van der Waals surface area contributed by atoms with Crippen molar-refractivity contribution in [2.75, 3.05) is 0 Å². The van der Waals surface area contributed by atoms with Crippen molar-refractivity contribution in [2.24, 2.45) is 0 Å². The Bertz CT molecular complexity index is 2190. The predicted molar refractivity (Wildman–Crippen MR) is 146 cm³/mol. The molecule has 0 amide bonds. The van der Waals surface area contributed by atoms with Gasteiger partial charge in [-0.15, -0.1) is 0 Å². The summed E-state index contributed by atoms with van der Waals surface area (Å²) >= 11 is 0. The molecule has 0 aliphatic heterocycles. The van der Waals surface area contributed by atoms with Crippen LogP contribution in [0.4, 0.5) is 0 Å². The van der Waals surface area contributed by atoms with Crippen LogP contribution >= 0.6 is 0 Å². The van der Waals surface area contributed by atoms with Crippen molar-refractivity contribution >= 4 is 54.6 Å². The lowest BCUT2D eigenvalue weighted by molar-refractivity contribution is 0.669. The molecule has 3 heteroatoms. The zero-order valence-corrected chi connectivity index (χ0v) is 19.1. The molecule has 0 fully saturated rings. The number of benzene rings is 5. The van der Waals surface area contributed by atoms with Crippen LogP contribution in [-0.2, 0) is 0 Å². The fourth-order valence-corrected chi connectivity index (χ4v) is 6.13. The van der Waals surface area contributed by atoms with Gasteiger partial charge in [-0.1, -0.05) is 60.7 Å². The van der Waals surface area contributed by atoms with Crippen LogP contribution in [0.25, 0.3) is 88.3 Å². The molecule has 166 valence electrons. The smallest absolute Gasteiger partial charge is 0.136 e. The topological polar surface area (TPSA) is 39.2 Å². The van der Waals surface area contributed by atoms with Crippen LogP contribution in [0.5, 0.6) is 0 Å². The standard InChI is InChI=1S/C33H17NO2/c1-2-6-18(7-3-1)22-9-5-10-23(34-22)20-14-17-27-33-29(20)21-8-4-11-24-30(21)31-25(35-24)15-12-19-13-16-26(36-27)32(33)28(19)31/h1-17H. The highest BCUT2D eigenvalue weighted by Crippen LogP contribution is 2.52. The van der Waals surface area contributed by atoms with Gasteiger partial charge in [0.1, 0.15) is 22.3 Å². The van der Waals surface area contributed by atoms with Crippen molar-refractivity contribution < 1.29 is 8.83 Å². The number of fused-ring (bicyclic) bond motifs is 1. The van der Waals surface area contributed by atoms with Crippen molar-refractivity contribution in [3.8, 4) is 33.6 Å². The maximum atomic E-state index is 6.42. The van der Waals surface area contributed by atoms with Gasteiger partial charge in [0.2, 0.25) is 0 Å². The van der Waals surface area contributed by atoms with Crippen LogP contribution in [0.3, 0.4) is 0 Å². The average Bonchev–Trinajstić information content (AvgIpc) is 3.47. The van der Waals surface area contributed by atoms with Crippen LogP contribution in [0.15, 0.2) is 112 Å². The van der Waals surface area contributed by atoms with E-state index in [1.807, 2.05) is 6.07 Å². The quantitative estimate of drug-likeness (QED) is 0.258. The predicted octanol–water partition coefficient (Wildman–Crippen LogP) is 9.35. The Hall–Kier alpha value is -4.89. The molecule has 3 aromatic heterocycles. The molecule has 1 aliphatic rings. The molecule has 0 N–H and O–H groups in total. The summed E-state index contributed by atoms with van der Waals surface area (Å²) in [6, 6.07) is 35.7. The summed E-state index contributed by atoms with van der Waals surface area (Å²) in [4.78, 5) is 5.13. The second-order valence-corrected chi connectivity index (χ2v) is 9.49. The molecule has 0 saturated heterocycles. The first-order chi connectivity index (χ1) is 17.8. The summed E-state index contributed by atoms with van der Waals surface area (Å²) in [5.41, 5.74) is 10.0. The highest BCUT2D eigenvalue weighted by atomic mass is 16.3. The van der Waals surface area contributed by atoms with Gasteiger partial charge in [-0.3, -0.25) is 0 Å². The summed E-state index contributed by atoms with van der Waals surface area (Å²) in [5, 5.41) is 7.03. The summed E-state index contributed by atoms with van der Waals surface area (Å²) in [6.45, 7) is 0. The van der Waals surface area contributed by atoms with Gasteiger partial charge in [-0.05, 0) is 53.4 Å². The Morgan fingerprint density at radius 3 is 1.92 bits per heavy atom. The van der Waals surface area contributed by atoms with Crippen LogP contribution < -0.4 is 0 Å². The van der Waals surface area contributed by atoms with Gasteiger partial charge in [0, 0.05) is 43.6 Å². The second-order valence-electron chi connectivity index (χ2n) is 9.49. The molecule has 0 saturated carbocycles. The zero-order valence-electron chi connectivity index (χ0n) is 19.1. The molecule has 0 spiro atoms. The van der Waals surface area contributed by atoms with Gasteiger partial charge >= 0.3 is 0 Å². The molecular weight excluding hydrogens is 442 g/mol. The van der Waals surface area contributed by atoms with Gasteiger partial charge in [-0.2, -0.15) is 0 Å². The lowest BCUT2D eigenvalue weighted by Gasteiger charge is -2.13. The third-order valence-corrected chi connectivity index (χ3v) is 7.61. The number of aromatic nitrogens is 1. The summed E-state index contributed by atoms with van der Waals surface area (Å²) in [5.74, 6) is 0. The van der Waals surface area contributed by atoms with Gasteiger partial charge in [0.05, 0.1) is 11.4 Å². The van der Waals surface area contributed by atoms with Crippen molar-refractivity contribution in [3.05, 3.63) is 103 Å². The van der Waals surface area contributed by atoms with E-state index in [0.29, 0.717) is 0 Å². The molecule has 0 radical (unpaired) electrons. The summed E-state index contributed by atoms with van der Waals surface area (Å²) < 4.78 is 12.8. The molecule has 0 atom stereocenters. The van der Waals surface area contributed by atoms with E-state index in [9.17, 15) is 0 Å². The lowest BCUT2D eigenvalue weighted by Crippen LogP contribution is -1.91. The Morgan fingerprint density at radius 2 is 1.08 bits per heavy atom. The second kappa shape index (κ2) is 6.41. The van der Waals surface area contributed by atoms with E-state index in [2.05, 4.69) is 97.1 Å². The van der Waals surface area contributed by atoms with Crippen molar-refractivity contribution in [3.63, 3.8) is 0 Å². The maximum absolute atomic E-state index is 6.42. The highest BCUT2D eigenvalue weighted by molar-refractivity contribution is 6.37. The van der Waals surface area contributed by atoms with Crippen molar-refractivity contribution in [1.29, 1.82) is 0 Å². The van der Waals surface area contributed by atoms with Crippen molar-refractivity contribution in [2.45, 2.75) is 0 Å². The summed E-state index contributed by atoms with van der Waals surface area (Å²) in [6.07, 6.45) is 0. The SMILES string of the molecule is c1ccc(-c2cccc(-c3ccc4oc5ccc6ccc7oc8cccc9c8c7c6c5c4c3-9)n2)cc1. The highest BCUT2D eigenvalue weighted by Gasteiger charge is 2.27. The Morgan fingerprint density at radius 1 is 0.417 bits per heavy atom. The van der Waals surface area contributed by atoms with E-state index in [4.69, 9.17) is 13.8 Å². The van der Waals surface area contributed by atoms with Crippen LogP contribution in [0, 0.1) is 0 Å². The van der Waals surface area contributed by atoms with E-state index < -0.39 is 0 Å². The average molecular weight is 460 g/mol. The first kappa shape index (κ1) is 18.4. The third kappa shape index (κ3) is 2.21. The number of rotatable bonds is 2. The molecule has 1 aliphatic carbocycles. The molecule has 5 aromatic carbocycles. The normalized spacial score (nSPS) is 12.4. The minimum absolute atomic E-state index is 0.895. The Kier molecular flexibility index (Phi) is 3.28. The Balaban J connectivity index is 1.50. The van der Waals surface area contributed by atoms with Crippen molar-refractivity contribution in [1.82, 2.24) is 4.98 Å². The van der Waals surface area contributed by atoms with Crippen LogP contribution in [0.1, 0.15) is 0 Å². The number of furan rings is 2. The third-order valence-electron chi connectivity index (χ3n) is 7.61. The van der Waals surface area contributed by atoms with E-state index in [1.54, 1.807) is 0 Å². The van der Waals surface area contributed by atoms with E-state index in [-0.39, 0.29) is 0 Å². The van der Waals surface area contributed by atoms with Gasteiger partial charge in [0.15, 0.2) is 0 Å². The minimum atomic E-state index is 0.895. The Labute approximate surface area is 205 Å².